The van der Waals surface area contributed by atoms with Crippen LogP contribution in [0.1, 0.15) is 39.2 Å². The Bertz CT molecular complexity index is 442. The minimum atomic E-state index is 0.469. The Labute approximate surface area is 126 Å². The van der Waals surface area contributed by atoms with E-state index in [1.54, 1.807) is 0 Å². The summed E-state index contributed by atoms with van der Waals surface area (Å²) >= 11 is 12.4. The van der Waals surface area contributed by atoms with Crippen LogP contribution in [0.15, 0.2) is 18.2 Å². The van der Waals surface area contributed by atoms with Crippen LogP contribution in [0.2, 0.25) is 10.0 Å². The maximum atomic E-state index is 6.28. The van der Waals surface area contributed by atoms with Crippen molar-refractivity contribution in [3.8, 4) is 0 Å². The quantitative estimate of drug-likeness (QED) is 0.783. The zero-order valence-corrected chi connectivity index (χ0v) is 13.5. The first-order chi connectivity index (χ1) is 8.94. The van der Waals surface area contributed by atoms with E-state index in [0.29, 0.717) is 11.5 Å². The number of nitrogens with one attached hydrogen (secondary N) is 1. The van der Waals surface area contributed by atoms with E-state index in [1.807, 2.05) is 18.2 Å². The lowest BCUT2D eigenvalue weighted by atomic mass is 9.97. The van der Waals surface area contributed by atoms with Crippen molar-refractivity contribution in [3.05, 3.63) is 33.8 Å². The summed E-state index contributed by atoms with van der Waals surface area (Å²) in [6.45, 7) is 7.96. The predicted octanol–water partition coefficient (Wildman–Crippen LogP) is 4.95. The van der Waals surface area contributed by atoms with Gasteiger partial charge in [0, 0.05) is 16.1 Å². The van der Waals surface area contributed by atoms with Crippen molar-refractivity contribution < 1.29 is 0 Å². The molecule has 1 aromatic rings. The van der Waals surface area contributed by atoms with Crippen LogP contribution in [0, 0.1) is 11.3 Å². The third kappa shape index (κ3) is 3.87. The maximum absolute atomic E-state index is 6.28. The summed E-state index contributed by atoms with van der Waals surface area (Å²) in [5.74, 6) is 0.745. The van der Waals surface area contributed by atoms with Gasteiger partial charge in [-0.15, -0.1) is 0 Å². The monoisotopic (exact) mass is 299 g/mol. The third-order valence-electron chi connectivity index (χ3n) is 4.18. The van der Waals surface area contributed by atoms with E-state index < -0.39 is 0 Å². The van der Waals surface area contributed by atoms with Gasteiger partial charge in [0.15, 0.2) is 0 Å². The molecule has 2 atom stereocenters. The second-order valence-electron chi connectivity index (χ2n) is 6.30. The van der Waals surface area contributed by atoms with Gasteiger partial charge in [-0.05, 0) is 60.9 Å². The Morgan fingerprint density at radius 2 is 2.05 bits per heavy atom. The molecule has 1 aliphatic carbocycles. The molecular weight excluding hydrogens is 277 g/mol. The molecule has 1 fully saturated rings. The average molecular weight is 300 g/mol. The van der Waals surface area contributed by atoms with Gasteiger partial charge in [-0.3, -0.25) is 0 Å². The zero-order valence-electron chi connectivity index (χ0n) is 12.0. The van der Waals surface area contributed by atoms with E-state index in [4.69, 9.17) is 23.2 Å². The Balaban J connectivity index is 2.09. The van der Waals surface area contributed by atoms with Gasteiger partial charge in [-0.2, -0.15) is 0 Å². The van der Waals surface area contributed by atoms with E-state index in [1.165, 1.54) is 6.42 Å². The Hall–Kier alpha value is -0.240. The molecule has 19 heavy (non-hydrogen) atoms. The van der Waals surface area contributed by atoms with Crippen LogP contribution in [0.5, 0.6) is 0 Å². The van der Waals surface area contributed by atoms with Gasteiger partial charge in [-0.25, -0.2) is 0 Å². The second kappa shape index (κ2) is 6.03. The van der Waals surface area contributed by atoms with Gasteiger partial charge in [0.25, 0.3) is 0 Å². The van der Waals surface area contributed by atoms with Gasteiger partial charge in [0.1, 0.15) is 0 Å². The summed E-state index contributed by atoms with van der Waals surface area (Å²) in [7, 11) is 0. The number of hydrogen-bond acceptors (Lipinski definition) is 1. The molecule has 1 aromatic carbocycles. The summed E-state index contributed by atoms with van der Waals surface area (Å²) in [6.07, 6.45) is 3.42. The number of hydrogen-bond donors (Lipinski definition) is 1. The third-order valence-corrected chi connectivity index (χ3v) is 4.78. The molecule has 0 spiro atoms. The number of rotatable bonds is 6. The molecule has 0 aliphatic heterocycles. The first kappa shape index (κ1) is 15.2. The highest BCUT2D eigenvalue weighted by Gasteiger charge is 2.49. The fourth-order valence-corrected chi connectivity index (χ4v) is 3.21. The predicted molar refractivity (Wildman–Crippen MR) is 84.1 cm³/mol. The number of benzene rings is 1. The standard InChI is InChI=1S/C16H23Cl2N/c1-4-7-19-15(13-10-16(13,2)3)9-11-8-12(17)5-6-14(11)18/h5-6,8,13,15,19H,4,7,9-10H2,1-3H3. The average Bonchev–Trinajstić information content (AvgIpc) is 2.98. The highest BCUT2D eigenvalue weighted by molar-refractivity contribution is 6.33. The molecule has 0 saturated heterocycles. The first-order valence-electron chi connectivity index (χ1n) is 7.11. The summed E-state index contributed by atoms with van der Waals surface area (Å²) in [5, 5.41) is 5.27. The lowest BCUT2D eigenvalue weighted by Gasteiger charge is -2.21. The van der Waals surface area contributed by atoms with Crippen molar-refractivity contribution in [2.75, 3.05) is 6.54 Å². The summed E-state index contributed by atoms with van der Waals surface area (Å²) in [4.78, 5) is 0. The van der Waals surface area contributed by atoms with Crippen molar-refractivity contribution in [3.63, 3.8) is 0 Å². The lowest BCUT2D eigenvalue weighted by molar-refractivity contribution is 0.402. The largest absolute Gasteiger partial charge is 0.313 e. The Kier molecular flexibility index (Phi) is 4.81. The Morgan fingerprint density at radius 3 is 2.63 bits per heavy atom. The van der Waals surface area contributed by atoms with Crippen LogP contribution in [0.4, 0.5) is 0 Å². The molecule has 1 N–H and O–H groups in total. The van der Waals surface area contributed by atoms with Crippen molar-refractivity contribution in [1.29, 1.82) is 0 Å². The molecule has 2 unspecified atom stereocenters. The minimum Gasteiger partial charge on any atom is -0.313 e. The van der Waals surface area contributed by atoms with Crippen LogP contribution < -0.4 is 5.32 Å². The topological polar surface area (TPSA) is 12.0 Å². The normalized spacial score (nSPS) is 22.3. The molecule has 0 heterocycles. The van der Waals surface area contributed by atoms with Crippen LogP contribution in [0.25, 0.3) is 0 Å². The van der Waals surface area contributed by atoms with E-state index in [0.717, 1.165) is 40.9 Å². The molecule has 0 radical (unpaired) electrons. The molecule has 1 saturated carbocycles. The van der Waals surface area contributed by atoms with Crippen LogP contribution in [-0.4, -0.2) is 12.6 Å². The van der Waals surface area contributed by atoms with Gasteiger partial charge in [0.05, 0.1) is 0 Å². The summed E-state index contributed by atoms with van der Waals surface area (Å²) in [5.41, 5.74) is 1.63. The maximum Gasteiger partial charge on any atom is 0.0439 e. The SMILES string of the molecule is CCCNC(Cc1cc(Cl)ccc1Cl)C1CC1(C)C. The van der Waals surface area contributed by atoms with Crippen LogP contribution in [-0.2, 0) is 6.42 Å². The summed E-state index contributed by atoms with van der Waals surface area (Å²) in [6, 6.07) is 6.25. The van der Waals surface area contributed by atoms with Crippen LogP contribution >= 0.6 is 23.2 Å². The smallest absolute Gasteiger partial charge is 0.0439 e. The molecule has 1 aliphatic rings. The minimum absolute atomic E-state index is 0.469. The Morgan fingerprint density at radius 1 is 1.37 bits per heavy atom. The van der Waals surface area contributed by atoms with E-state index >= 15 is 0 Å². The van der Waals surface area contributed by atoms with E-state index in [2.05, 4.69) is 26.1 Å². The molecule has 0 amide bonds. The van der Waals surface area contributed by atoms with Gasteiger partial charge < -0.3 is 5.32 Å². The fraction of sp³-hybridized carbons (Fsp3) is 0.625. The van der Waals surface area contributed by atoms with Crippen molar-refractivity contribution in [2.24, 2.45) is 11.3 Å². The van der Waals surface area contributed by atoms with Crippen molar-refractivity contribution in [2.45, 2.75) is 46.1 Å². The van der Waals surface area contributed by atoms with Crippen molar-refractivity contribution in [1.82, 2.24) is 5.32 Å². The molecule has 106 valence electrons. The fourth-order valence-electron chi connectivity index (χ4n) is 2.82. The van der Waals surface area contributed by atoms with E-state index in [9.17, 15) is 0 Å². The van der Waals surface area contributed by atoms with Gasteiger partial charge >= 0.3 is 0 Å². The lowest BCUT2D eigenvalue weighted by Crippen LogP contribution is -2.35. The molecule has 3 heteroatoms. The summed E-state index contributed by atoms with van der Waals surface area (Å²) < 4.78 is 0. The van der Waals surface area contributed by atoms with E-state index in [-0.39, 0.29) is 0 Å². The molecule has 2 rings (SSSR count). The second-order valence-corrected chi connectivity index (χ2v) is 7.14. The molecular formula is C16H23Cl2N. The molecule has 0 aromatic heterocycles. The number of halogens is 2. The van der Waals surface area contributed by atoms with Crippen LogP contribution in [0.3, 0.4) is 0 Å². The highest BCUT2D eigenvalue weighted by atomic mass is 35.5. The van der Waals surface area contributed by atoms with Crippen molar-refractivity contribution >= 4 is 23.2 Å². The molecule has 1 nitrogen and oxygen atoms in total. The zero-order chi connectivity index (χ0) is 14.0. The van der Waals surface area contributed by atoms with Gasteiger partial charge in [0.2, 0.25) is 0 Å². The highest BCUT2D eigenvalue weighted by Crippen LogP contribution is 2.54. The van der Waals surface area contributed by atoms with Gasteiger partial charge in [-0.1, -0.05) is 44.0 Å². The molecule has 0 bridgehead atoms. The first-order valence-corrected chi connectivity index (χ1v) is 7.87.